The van der Waals surface area contributed by atoms with E-state index >= 15 is 0 Å². The number of carboxylic acid groups (broad SMARTS) is 1. The number of fused-ring (bicyclic) bond motifs is 2. The van der Waals surface area contributed by atoms with Gasteiger partial charge in [0.2, 0.25) is 5.82 Å². The van der Waals surface area contributed by atoms with Crippen molar-refractivity contribution in [3.63, 3.8) is 0 Å². The van der Waals surface area contributed by atoms with Crippen LogP contribution >= 0.6 is 0 Å². The van der Waals surface area contributed by atoms with Crippen molar-refractivity contribution in [2.75, 3.05) is 18.4 Å². The van der Waals surface area contributed by atoms with Crippen LogP contribution in [0.2, 0.25) is 0 Å². The fourth-order valence-corrected chi connectivity index (χ4v) is 4.97. The van der Waals surface area contributed by atoms with Gasteiger partial charge < -0.3 is 20.7 Å². The monoisotopic (exact) mass is 515 g/mol. The number of hydrogen-bond acceptors (Lipinski definition) is 8. The number of tetrazole rings is 1. The Bertz CT molecular complexity index is 1590. The van der Waals surface area contributed by atoms with Crippen molar-refractivity contribution in [1.29, 1.82) is 0 Å². The van der Waals surface area contributed by atoms with E-state index < -0.39 is 6.09 Å². The van der Waals surface area contributed by atoms with Gasteiger partial charge in [-0.3, -0.25) is 4.90 Å². The van der Waals surface area contributed by atoms with E-state index in [1.165, 1.54) is 6.33 Å². The van der Waals surface area contributed by atoms with Crippen LogP contribution in [0.25, 0.3) is 27.8 Å². The van der Waals surface area contributed by atoms with Crippen molar-refractivity contribution in [3.05, 3.63) is 48.5 Å². The third-order valence-electron chi connectivity index (χ3n) is 6.91. The summed E-state index contributed by atoms with van der Waals surface area (Å²) >= 11 is 0. The highest BCUT2D eigenvalue weighted by Gasteiger charge is 2.22. The van der Waals surface area contributed by atoms with Crippen LogP contribution < -0.4 is 10.6 Å². The highest BCUT2D eigenvalue weighted by atomic mass is 16.4. The molecular weight excluding hydrogens is 486 g/mol. The summed E-state index contributed by atoms with van der Waals surface area (Å²) in [7, 11) is 0. The third kappa shape index (κ3) is 4.63. The van der Waals surface area contributed by atoms with Crippen LogP contribution in [0.15, 0.2) is 43.0 Å². The Morgan fingerprint density at radius 1 is 1.24 bits per heavy atom. The number of H-pyrrole nitrogens is 1. The Balaban J connectivity index is 1.30. The van der Waals surface area contributed by atoms with Gasteiger partial charge in [-0.25, -0.2) is 14.3 Å². The van der Waals surface area contributed by atoms with E-state index in [1.54, 1.807) is 4.80 Å². The SMILES string of the molecule is CC(C)n1nnc(-c2cc(Nc3ncnn4ccc(CN5CCC(NC(=O)O)CC5)c34)c3[nH]ccc3c2)n1. The molecule has 1 saturated heterocycles. The molecule has 1 amide bonds. The average Bonchev–Trinajstić information content (AvgIpc) is 3.65. The van der Waals surface area contributed by atoms with E-state index in [0.717, 1.165) is 65.7 Å². The molecule has 6 rings (SSSR count). The van der Waals surface area contributed by atoms with Gasteiger partial charge in [-0.1, -0.05) is 0 Å². The zero-order valence-corrected chi connectivity index (χ0v) is 21.2. The highest BCUT2D eigenvalue weighted by molar-refractivity contribution is 5.97. The fourth-order valence-electron chi connectivity index (χ4n) is 4.97. The number of aromatic nitrogens is 8. The minimum Gasteiger partial charge on any atom is -0.465 e. The first-order valence-corrected chi connectivity index (χ1v) is 12.7. The van der Waals surface area contributed by atoms with Gasteiger partial charge in [-0.05, 0) is 61.7 Å². The van der Waals surface area contributed by atoms with E-state index in [-0.39, 0.29) is 12.1 Å². The molecule has 4 aromatic heterocycles. The molecule has 0 aliphatic carbocycles. The Hall–Kier alpha value is -4.52. The van der Waals surface area contributed by atoms with E-state index in [4.69, 9.17) is 5.11 Å². The Kier molecular flexibility index (Phi) is 6.12. The molecule has 5 aromatic rings. The number of benzene rings is 1. The molecule has 0 bridgehead atoms. The number of aromatic amines is 1. The van der Waals surface area contributed by atoms with Crippen molar-refractivity contribution in [2.45, 2.75) is 45.3 Å². The van der Waals surface area contributed by atoms with Gasteiger partial charge in [0.05, 0.1) is 17.2 Å². The van der Waals surface area contributed by atoms with Crippen LogP contribution in [0.1, 0.15) is 38.3 Å². The zero-order valence-electron chi connectivity index (χ0n) is 21.2. The average molecular weight is 516 g/mol. The highest BCUT2D eigenvalue weighted by Crippen LogP contribution is 2.32. The van der Waals surface area contributed by atoms with E-state index in [9.17, 15) is 4.79 Å². The Morgan fingerprint density at radius 2 is 2.08 bits per heavy atom. The van der Waals surface area contributed by atoms with E-state index in [2.05, 4.69) is 52.1 Å². The summed E-state index contributed by atoms with van der Waals surface area (Å²) in [5, 5.41) is 33.5. The number of anilines is 2. The minimum absolute atomic E-state index is 0.00203. The first-order chi connectivity index (χ1) is 18.4. The van der Waals surface area contributed by atoms with Gasteiger partial charge in [0, 0.05) is 49.0 Å². The predicted molar refractivity (Wildman–Crippen MR) is 141 cm³/mol. The molecule has 1 aromatic carbocycles. The van der Waals surface area contributed by atoms with E-state index in [1.807, 2.05) is 49.0 Å². The van der Waals surface area contributed by atoms with Gasteiger partial charge >= 0.3 is 6.09 Å². The summed E-state index contributed by atoms with van der Waals surface area (Å²) in [6, 6.07) is 8.24. The lowest BCUT2D eigenvalue weighted by Crippen LogP contribution is -2.43. The number of carbonyl (C=O) groups is 1. The molecule has 1 fully saturated rings. The lowest BCUT2D eigenvalue weighted by atomic mass is 10.0. The Labute approximate surface area is 217 Å². The van der Waals surface area contributed by atoms with Crippen LogP contribution in [0.5, 0.6) is 0 Å². The quantitative estimate of drug-likeness (QED) is 0.255. The standard InChI is InChI=1S/C25H29N11O2/c1-15(2)36-32-23(31-33-36)18-11-16-3-7-26-21(16)20(12-18)30-24-22-17(4-10-35(22)28-14-27-24)13-34-8-5-19(6-9-34)29-25(37)38/h3-4,7,10-12,14-15,19,26,29H,5-6,8-9,13H2,1-2H3,(H,37,38)(H,27,28,30). The number of piperidine rings is 1. The molecule has 0 atom stereocenters. The van der Waals surface area contributed by atoms with Crippen LogP contribution in [0.4, 0.5) is 16.3 Å². The molecule has 1 aliphatic rings. The maximum absolute atomic E-state index is 11.0. The number of amides is 1. The van der Waals surface area contributed by atoms with Crippen molar-refractivity contribution >= 4 is 34.0 Å². The summed E-state index contributed by atoms with van der Waals surface area (Å²) in [5.41, 5.74) is 4.63. The summed E-state index contributed by atoms with van der Waals surface area (Å²) < 4.78 is 1.83. The molecule has 0 unspecified atom stereocenters. The molecule has 1 aliphatic heterocycles. The van der Waals surface area contributed by atoms with Crippen molar-refractivity contribution < 1.29 is 9.90 Å². The second-order valence-electron chi connectivity index (χ2n) is 9.86. The fraction of sp³-hybridized carbons (Fsp3) is 0.360. The number of rotatable bonds is 7. The molecule has 0 spiro atoms. The molecule has 196 valence electrons. The normalized spacial score (nSPS) is 15.0. The van der Waals surface area contributed by atoms with Crippen LogP contribution in [-0.4, -0.2) is 75.0 Å². The van der Waals surface area contributed by atoms with Crippen molar-refractivity contribution in [3.8, 4) is 11.4 Å². The molecule has 13 nitrogen and oxygen atoms in total. The number of nitrogens with one attached hydrogen (secondary N) is 3. The van der Waals surface area contributed by atoms with Crippen LogP contribution in [0, 0.1) is 0 Å². The lowest BCUT2D eigenvalue weighted by molar-refractivity contribution is 0.165. The third-order valence-corrected chi connectivity index (χ3v) is 6.91. The van der Waals surface area contributed by atoms with Crippen molar-refractivity contribution in [2.24, 2.45) is 0 Å². The summed E-state index contributed by atoms with van der Waals surface area (Å²) in [5.74, 6) is 1.25. The summed E-state index contributed by atoms with van der Waals surface area (Å²) in [4.78, 5) is 22.8. The zero-order chi connectivity index (χ0) is 26.2. The second-order valence-corrected chi connectivity index (χ2v) is 9.86. The molecule has 38 heavy (non-hydrogen) atoms. The molecular formula is C25H29N11O2. The molecule has 4 N–H and O–H groups in total. The number of likely N-dealkylation sites (tertiary alicyclic amines) is 1. The summed E-state index contributed by atoms with van der Waals surface area (Å²) in [6.45, 7) is 6.37. The van der Waals surface area contributed by atoms with Crippen molar-refractivity contribution in [1.82, 2.24) is 50.0 Å². The van der Waals surface area contributed by atoms with Crippen LogP contribution in [0.3, 0.4) is 0 Å². The first-order valence-electron chi connectivity index (χ1n) is 12.7. The van der Waals surface area contributed by atoms with Gasteiger partial charge in [0.15, 0.2) is 5.82 Å². The second kappa shape index (κ2) is 9.74. The molecule has 0 radical (unpaired) electrons. The van der Waals surface area contributed by atoms with Crippen LogP contribution in [-0.2, 0) is 6.54 Å². The number of hydrogen-bond donors (Lipinski definition) is 4. The number of nitrogens with zero attached hydrogens (tertiary/aromatic N) is 8. The molecule has 13 heteroatoms. The largest absolute Gasteiger partial charge is 0.465 e. The maximum atomic E-state index is 11.0. The molecule has 5 heterocycles. The summed E-state index contributed by atoms with van der Waals surface area (Å²) in [6.07, 6.45) is 5.98. The van der Waals surface area contributed by atoms with Gasteiger partial charge in [0.25, 0.3) is 0 Å². The topological polar surface area (TPSA) is 154 Å². The maximum Gasteiger partial charge on any atom is 0.404 e. The molecule has 0 saturated carbocycles. The first kappa shape index (κ1) is 23.9. The Morgan fingerprint density at radius 3 is 2.84 bits per heavy atom. The predicted octanol–water partition coefficient (Wildman–Crippen LogP) is 3.42. The lowest BCUT2D eigenvalue weighted by Gasteiger charge is -2.31. The van der Waals surface area contributed by atoms with Gasteiger partial charge in [-0.15, -0.1) is 10.2 Å². The smallest absolute Gasteiger partial charge is 0.404 e. The minimum atomic E-state index is -0.963. The van der Waals surface area contributed by atoms with E-state index in [0.29, 0.717) is 11.6 Å². The van der Waals surface area contributed by atoms with Gasteiger partial charge in [-0.2, -0.15) is 9.90 Å². The van der Waals surface area contributed by atoms with Gasteiger partial charge in [0.1, 0.15) is 11.8 Å².